The van der Waals surface area contributed by atoms with Gasteiger partial charge in [0.25, 0.3) is 0 Å². The number of carbonyl (C=O) groups is 1. The van der Waals surface area contributed by atoms with Gasteiger partial charge in [0.2, 0.25) is 5.91 Å². The minimum Gasteiger partial charge on any atom is -0.359 e. The van der Waals surface area contributed by atoms with Crippen molar-refractivity contribution < 1.29 is 4.79 Å². The minimum atomic E-state index is 0.242. The molecular weight excluding hydrogens is 138 g/mol. The molecule has 0 aliphatic heterocycles. The van der Waals surface area contributed by atoms with Gasteiger partial charge in [0.15, 0.2) is 0 Å². The minimum absolute atomic E-state index is 0.242. The molecule has 2 nitrogen and oxygen atoms in total. The van der Waals surface area contributed by atoms with Crippen molar-refractivity contribution >= 4 is 5.91 Å². The van der Waals surface area contributed by atoms with Crippen molar-refractivity contribution in [3.05, 3.63) is 0 Å². The lowest BCUT2D eigenvalue weighted by Gasteiger charge is -1.97. The summed E-state index contributed by atoms with van der Waals surface area (Å²) >= 11 is 0. The van der Waals surface area contributed by atoms with Crippen molar-refractivity contribution in [2.45, 2.75) is 32.6 Å². The van der Waals surface area contributed by atoms with Crippen LogP contribution in [0, 0.1) is 11.8 Å². The molecule has 1 aliphatic rings. The highest BCUT2D eigenvalue weighted by Gasteiger charge is 2.41. The second-order valence-electron chi connectivity index (χ2n) is 3.36. The first-order chi connectivity index (χ1) is 5.29. The van der Waals surface area contributed by atoms with Gasteiger partial charge in [-0.15, -0.1) is 0 Å². The lowest BCUT2D eigenvalue weighted by atomic mass is 10.1. The maximum absolute atomic E-state index is 11.0. The molecule has 1 aliphatic carbocycles. The Hall–Kier alpha value is -0.530. The number of amides is 1. The van der Waals surface area contributed by atoms with Gasteiger partial charge < -0.3 is 5.32 Å². The van der Waals surface area contributed by atoms with E-state index in [1.54, 1.807) is 7.05 Å². The Labute approximate surface area is 68.4 Å². The normalized spacial score (nSPS) is 28.2. The molecule has 0 spiro atoms. The Kier molecular flexibility index (Phi) is 2.92. The summed E-state index contributed by atoms with van der Waals surface area (Å²) in [5.41, 5.74) is 0. The van der Waals surface area contributed by atoms with Crippen molar-refractivity contribution in [3.8, 4) is 0 Å². The fourth-order valence-corrected chi connectivity index (χ4v) is 1.54. The molecule has 0 bridgehead atoms. The van der Waals surface area contributed by atoms with Crippen LogP contribution in [0.5, 0.6) is 0 Å². The second-order valence-corrected chi connectivity index (χ2v) is 3.36. The second kappa shape index (κ2) is 3.74. The van der Waals surface area contributed by atoms with Crippen LogP contribution < -0.4 is 5.32 Å². The quantitative estimate of drug-likeness (QED) is 0.656. The van der Waals surface area contributed by atoms with E-state index in [2.05, 4.69) is 12.2 Å². The lowest BCUT2D eigenvalue weighted by Crippen LogP contribution is -2.20. The van der Waals surface area contributed by atoms with Crippen LogP contribution in [0.25, 0.3) is 0 Å². The number of unbranched alkanes of at least 4 members (excludes halogenated alkanes) is 1. The van der Waals surface area contributed by atoms with E-state index in [1.165, 1.54) is 19.3 Å². The molecule has 1 saturated carbocycles. The molecule has 11 heavy (non-hydrogen) atoms. The molecule has 1 fully saturated rings. The summed E-state index contributed by atoms with van der Waals surface area (Å²) < 4.78 is 0. The van der Waals surface area contributed by atoms with Crippen molar-refractivity contribution in [1.29, 1.82) is 0 Å². The van der Waals surface area contributed by atoms with Gasteiger partial charge in [0, 0.05) is 13.0 Å². The predicted molar refractivity (Wildman–Crippen MR) is 45.2 cm³/mol. The third-order valence-corrected chi connectivity index (χ3v) is 2.43. The fourth-order valence-electron chi connectivity index (χ4n) is 1.54. The summed E-state index contributed by atoms with van der Waals surface area (Å²) in [6.07, 6.45) is 4.89. The van der Waals surface area contributed by atoms with Gasteiger partial charge in [-0.3, -0.25) is 4.79 Å². The number of hydrogen-bond acceptors (Lipinski definition) is 1. The highest BCUT2D eigenvalue weighted by Crippen LogP contribution is 2.42. The molecule has 0 aromatic heterocycles. The van der Waals surface area contributed by atoms with Crippen molar-refractivity contribution in [2.75, 3.05) is 7.05 Å². The molecule has 64 valence electrons. The van der Waals surface area contributed by atoms with E-state index in [4.69, 9.17) is 0 Å². The number of carbonyl (C=O) groups excluding carboxylic acids is 1. The van der Waals surface area contributed by atoms with Gasteiger partial charge in [-0.25, -0.2) is 0 Å². The van der Waals surface area contributed by atoms with Gasteiger partial charge in [-0.2, -0.15) is 0 Å². The molecular formula is C9H17NO. The molecule has 0 saturated heterocycles. The van der Waals surface area contributed by atoms with Gasteiger partial charge in [-0.05, 0) is 18.8 Å². The van der Waals surface area contributed by atoms with Crippen LogP contribution in [0.4, 0.5) is 0 Å². The first-order valence-corrected chi connectivity index (χ1v) is 4.51. The molecule has 1 rings (SSSR count). The fraction of sp³-hybridized carbons (Fsp3) is 0.889. The van der Waals surface area contributed by atoms with E-state index in [9.17, 15) is 4.79 Å². The van der Waals surface area contributed by atoms with E-state index in [0.717, 1.165) is 6.42 Å². The molecule has 2 heteroatoms. The van der Waals surface area contributed by atoms with Gasteiger partial charge in [0.1, 0.15) is 0 Å². The van der Waals surface area contributed by atoms with Crippen LogP contribution in [-0.4, -0.2) is 13.0 Å². The Bertz CT molecular complexity index is 144. The van der Waals surface area contributed by atoms with Crippen LogP contribution in [0.2, 0.25) is 0 Å². The molecule has 2 atom stereocenters. The third kappa shape index (κ3) is 2.21. The number of nitrogens with one attached hydrogen (secondary N) is 1. The van der Waals surface area contributed by atoms with Crippen molar-refractivity contribution in [1.82, 2.24) is 5.32 Å². The maximum atomic E-state index is 11.0. The summed E-state index contributed by atoms with van der Waals surface area (Å²) in [4.78, 5) is 11.0. The number of hydrogen-bond donors (Lipinski definition) is 1. The highest BCUT2D eigenvalue weighted by molar-refractivity contribution is 5.81. The monoisotopic (exact) mass is 155 g/mol. The van der Waals surface area contributed by atoms with E-state index in [0.29, 0.717) is 11.8 Å². The van der Waals surface area contributed by atoms with Crippen molar-refractivity contribution in [2.24, 2.45) is 11.8 Å². The lowest BCUT2D eigenvalue weighted by molar-refractivity contribution is -0.122. The molecule has 0 radical (unpaired) electrons. The Morgan fingerprint density at radius 1 is 1.64 bits per heavy atom. The van der Waals surface area contributed by atoms with Crippen LogP contribution in [-0.2, 0) is 4.79 Å². The molecule has 1 N–H and O–H groups in total. The molecule has 0 aromatic rings. The topological polar surface area (TPSA) is 29.1 Å². The van der Waals surface area contributed by atoms with Gasteiger partial charge in [0.05, 0.1) is 0 Å². The Morgan fingerprint density at radius 2 is 2.36 bits per heavy atom. The molecule has 0 aromatic carbocycles. The first kappa shape index (κ1) is 8.57. The molecule has 0 heterocycles. The van der Waals surface area contributed by atoms with E-state index in [1.807, 2.05) is 0 Å². The van der Waals surface area contributed by atoms with Crippen LogP contribution in [0.3, 0.4) is 0 Å². The van der Waals surface area contributed by atoms with Crippen LogP contribution in [0.15, 0.2) is 0 Å². The largest absolute Gasteiger partial charge is 0.359 e. The zero-order valence-corrected chi connectivity index (χ0v) is 7.39. The smallest absolute Gasteiger partial charge is 0.223 e. The summed E-state index contributed by atoms with van der Waals surface area (Å²) in [5, 5.41) is 2.69. The zero-order valence-electron chi connectivity index (χ0n) is 7.39. The maximum Gasteiger partial charge on any atom is 0.223 e. The van der Waals surface area contributed by atoms with Crippen LogP contribution in [0.1, 0.15) is 32.6 Å². The Balaban J connectivity index is 2.11. The molecule has 0 unspecified atom stereocenters. The zero-order chi connectivity index (χ0) is 8.27. The summed E-state index contributed by atoms with van der Waals surface area (Å²) in [7, 11) is 1.72. The van der Waals surface area contributed by atoms with Crippen LogP contribution >= 0.6 is 0 Å². The number of rotatable bonds is 4. The van der Waals surface area contributed by atoms with Gasteiger partial charge in [-0.1, -0.05) is 19.8 Å². The summed E-state index contributed by atoms with van der Waals surface area (Å²) in [6, 6.07) is 0. The van der Waals surface area contributed by atoms with Crippen molar-refractivity contribution in [3.63, 3.8) is 0 Å². The first-order valence-electron chi connectivity index (χ1n) is 4.51. The summed E-state index contributed by atoms with van der Waals surface area (Å²) in [6.45, 7) is 2.19. The van der Waals surface area contributed by atoms with E-state index >= 15 is 0 Å². The van der Waals surface area contributed by atoms with E-state index < -0.39 is 0 Å². The molecule has 1 amide bonds. The third-order valence-electron chi connectivity index (χ3n) is 2.43. The SMILES string of the molecule is CCCC[C@@H]1C[C@H]1C(=O)NC. The summed E-state index contributed by atoms with van der Waals surface area (Å²) in [5.74, 6) is 1.30. The average Bonchev–Trinajstić information content (AvgIpc) is 2.78. The van der Waals surface area contributed by atoms with E-state index in [-0.39, 0.29) is 5.91 Å². The highest BCUT2D eigenvalue weighted by atomic mass is 16.1. The Morgan fingerprint density at radius 3 is 2.91 bits per heavy atom. The van der Waals surface area contributed by atoms with Gasteiger partial charge >= 0.3 is 0 Å². The predicted octanol–water partition coefficient (Wildman–Crippen LogP) is 1.56. The average molecular weight is 155 g/mol. The standard InChI is InChI=1S/C9H17NO/c1-3-4-5-7-6-8(7)9(11)10-2/h7-8H,3-6H2,1-2H3,(H,10,11)/t7-,8-/m1/s1.